The zero-order valence-corrected chi connectivity index (χ0v) is 17.9. The minimum absolute atomic E-state index is 0.0176. The van der Waals surface area contributed by atoms with Crippen LogP contribution in [0.1, 0.15) is 37.9 Å². The first-order valence-corrected chi connectivity index (χ1v) is 11.1. The van der Waals surface area contributed by atoms with Crippen molar-refractivity contribution >= 4 is 21.4 Å². The van der Waals surface area contributed by atoms with E-state index in [2.05, 4.69) is 18.9 Å². The largest absolute Gasteiger partial charge is 0.273 e. The van der Waals surface area contributed by atoms with Crippen LogP contribution in [0.25, 0.3) is 0 Å². The Morgan fingerprint density at radius 2 is 1.70 bits per heavy atom. The monoisotopic (exact) mass is 428 g/mol. The molecule has 0 aliphatic rings. The van der Waals surface area contributed by atoms with Crippen molar-refractivity contribution in [3.05, 3.63) is 82.2 Å². The Bertz CT molecular complexity index is 1120. The number of nitrogens with zero attached hydrogens (tertiary/aromatic N) is 4. The van der Waals surface area contributed by atoms with Crippen LogP contribution in [0.2, 0.25) is 0 Å². The van der Waals surface area contributed by atoms with E-state index in [1.54, 1.807) is 29.1 Å². The van der Waals surface area contributed by atoms with Gasteiger partial charge in [0.15, 0.2) is 0 Å². The SMILES string of the molecule is CCn1ccc(CN(c2ccc(C(C)C)cc2)S(=O)(=O)c2ccc([N+](=O)[O-])cc2)n1. The van der Waals surface area contributed by atoms with Gasteiger partial charge in [0.2, 0.25) is 0 Å². The van der Waals surface area contributed by atoms with Crippen molar-refractivity contribution in [1.29, 1.82) is 0 Å². The third-order valence-electron chi connectivity index (χ3n) is 4.81. The second-order valence-electron chi connectivity index (χ2n) is 7.17. The van der Waals surface area contributed by atoms with Crippen LogP contribution < -0.4 is 4.31 Å². The lowest BCUT2D eigenvalue weighted by molar-refractivity contribution is -0.384. The molecule has 0 amide bonds. The van der Waals surface area contributed by atoms with Crippen LogP contribution in [0, 0.1) is 10.1 Å². The first-order chi connectivity index (χ1) is 14.2. The summed E-state index contributed by atoms with van der Waals surface area (Å²) in [5.41, 5.74) is 2.05. The van der Waals surface area contributed by atoms with Gasteiger partial charge in [-0.2, -0.15) is 5.10 Å². The number of anilines is 1. The summed E-state index contributed by atoms with van der Waals surface area (Å²) in [7, 11) is -3.96. The maximum atomic E-state index is 13.4. The van der Waals surface area contributed by atoms with Crippen molar-refractivity contribution in [2.24, 2.45) is 0 Å². The van der Waals surface area contributed by atoms with Crippen molar-refractivity contribution in [3.63, 3.8) is 0 Å². The van der Waals surface area contributed by atoms with Crippen LogP contribution in [0.15, 0.2) is 65.7 Å². The molecule has 0 N–H and O–H groups in total. The Kier molecular flexibility index (Phi) is 6.21. The third kappa shape index (κ3) is 4.51. The molecule has 0 unspecified atom stereocenters. The fourth-order valence-electron chi connectivity index (χ4n) is 3.02. The van der Waals surface area contributed by atoms with Gasteiger partial charge >= 0.3 is 0 Å². The lowest BCUT2D eigenvalue weighted by Gasteiger charge is -2.24. The average Bonchev–Trinajstić information content (AvgIpc) is 3.20. The molecule has 1 heterocycles. The zero-order valence-electron chi connectivity index (χ0n) is 17.1. The summed E-state index contributed by atoms with van der Waals surface area (Å²) in [6.07, 6.45) is 1.80. The van der Waals surface area contributed by atoms with Crippen molar-refractivity contribution in [2.75, 3.05) is 4.31 Å². The highest BCUT2D eigenvalue weighted by atomic mass is 32.2. The van der Waals surface area contributed by atoms with Crippen LogP contribution in [-0.2, 0) is 23.1 Å². The van der Waals surface area contributed by atoms with E-state index in [4.69, 9.17) is 0 Å². The van der Waals surface area contributed by atoms with E-state index >= 15 is 0 Å². The highest BCUT2D eigenvalue weighted by Gasteiger charge is 2.27. The van der Waals surface area contributed by atoms with Crippen LogP contribution >= 0.6 is 0 Å². The number of aromatic nitrogens is 2. The van der Waals surface area contributed by atoms with Gasteiger partial charge in [0.05, 0.1) is 27.7 Å². The number of nitro benzene ring substituents is 1. The molecule has 9 heteroatoms. The molecule has 3 aromatic rings. The Labute approximate surface area is 176 Å². The van der Waals surface area contributed by atoms with Crippen molar-refractivity contribution < 1.29 is 13.3 Å². The van der Waals surface area contributed by atoms with E-state index in [1.807, 2.05) is 19.1 Å². The van der Waals surface area contributed by atoms with Gasteiger partial charge in [-0.25, -0.2) is 8.42 Å². The van der Waals surface area contributed by atoms with Gasteiger partial charge in [0.1, 0.15) is 0 Å². The molecule has 0 saturated carbocycles. The molecule has 30 heavy (non-hydrogen) atoms. The molecule has 0 spiro atoms. The number of rotatable bonds is 8. The second-order valence-corrected chi connectivity index (χ2v) is 9.03. The quantitative estimate of drug-likeness (QED) is 0.393. The molecule has 0 aliphatic heterocycles. The Morgan fingerprint density at radius 1 is 1.07 bits per heavy atom. The Morgan fingerprint density at radius 3 is 2.20 bits per heavy atom. The summed E-state index contributed by atoms with van der Waals surface area (Å²) in [6.45, 7) is 6.81. The molecular formula is C21H24N4O4S. The minimum atomic E-state index is -3.96. The van der Waals surface area contributed by atoms with Gasteiger partial charge in [0.25, 0.3) is 15.7 Å². The molecule has 1 aromatic heterocycles. The fraction of sp³-hybridized carbons (Fsp3) is 0.286. The molecule has 0 bridgehead atoms. The molecule has 2 aromatic carbocycles. The topological polar surface area (TPSA) is 98.3 Å². The van der Waals surface area contributed by atoms with Gasteiger partial charge in [-0.05, 0) is 48.7 Å². The Balaban J connectivity index is 2.03. The summed E-state index contributed by atoms with van der Waals surface area (Å²) in [5.74, 6) is 0.319. The lowest BCUT2D eigenvalue weighted by atomic mass is 10.0. The Hall–Kier alpha value is -3.20. The van der Waals surface area contributed by atoms with Crippen LogP contribution in [0.4, 0.5) is 11.4 Å². The second kappa shape index (κ2) is 8.66. The molecule has 0 fully saturated rings. The first kappa shape index (κ1) is 21.5. The number of hydrogen-bond acceptors (Lipinski definition) is 5. The normalized spacial score (nSPS) is 11.6. The smallest absolute Gasteiger partial charge is 0.269 e. The average molecular weight is 429 g/mol. The van der Waals surface area contributed by atoms with Gasteiger partial charge in [-0.1, -0.05) is 26.0 Å². The number of sulfonamides is 1. The maximum Gasteiger partial charge on any atom is 0.269 e. The van der Waals surface area contributed by atoms with Crippen molar-refractivity contribution in [3.8, 4) is 0 Å². The molecule has 0 atom stereocenters. The molecular weight excluding hydrogens is 404 g/mol. The van der Waals surface area contributed by atoms with Gasteiger partial charge in [0, 0.05) is 24.9 Å². The predicted molar refractivity (Wildman–Crippen MR) is 115 cm³/mol. The number of nitro groups is 1. The number of non-ortho nitro benzene ring substituents is 1. The molecule has 3 rings (SSSR count). The molecule has 8 nitrogen and oxygen atoms in total. The van der Waals surface area contributed by atoms with E-state index < -0.39 is 14.9 Å². The minimum Gasteiger partial charge on any atom is -0.273 e. The van der Waals surface area contributed by atoms with Crippen molar-refractivity contribution in [1.82, 2.24) is 9.78 Å². The summed E-state index contributed by atoms with van der Waals surface area (Å²) in [6, 6.07) is 14.0. The lowest BCUT2D eigenvalue weighted by Crippen LogP contribution is -2.30. The number of hydrogen-bond donors (Lipinski definition) is 0. The van der Waals surface area contributed by atoms with E-state index in [9.17, 15) is 18.5 Å². The van der Waals surface area contributed by atoms with Crippen LogP contribution in [0.3, 0.4) is 0 Å². The standard InChI is InChI=1S/C21H24N4O4S/c1-4-23-14-13-18(22-23)15-24(19-7-5-17(6-8-19)16(2)3)30(28,29)21-11-9-20(10-12-21)25(26)27/h5-14,16H,4,15H2,1-3H3. The van der Waals surface area contributed by atoms with Gasteiger partial charge in [-0.3, -0.25) is 19.1 Å². The van der Waals surface area contributed by atoms with Gasteiger partial charge < -0.3 is 0 Å². The number of benzene rings is 2. The van der Waals surface area contributed by atoms with E-state index in [0.717, 1.165) is 5.56 Å². The third-order valence-corrected chi connectivity index (χ3v) is 6.60. The zero-order chi connectivity index (χ0) is 21.9. The number of aryl methyl sites for hydroxylation is 1. The predicted octanol–water partition coefficient (Wildman–Crippen LogP) is 4.33. The van der Waals surface area contributed by atoms with E-state index in [0.29, 0.717) is 23.8 Å². The molecule has 158 valence electrons. The van der Waals surface area contributed by atoms with Crippen LogP contribution in [0.5, 0.6) is 0 Å². The van der Waals surface area contributed by atoms with Crippen LogP contribution in [-0.4, -0.2) is 23.1 Å². The molecule has 0 radical (unpaired) electrons. The maximum absolute atomic E-state index is 13.4. The highest BCUT2D eigenvalue weighted by molar-refractivity contribution is 7.92. The van der Waals surface area contributed by atoms with Gasteiger partial charge in [-0.15, -0.1) is 0 Å². The summed E-state index contributed by atoms with van der Waals surface area (Å²) in [4.78, 5) is 10.3. The van der Waals surface area contributed by atoms with E-state index in [1.165, 1.54) is 28.6 Å². The highest BCUT2D eigenvalue weighted by Crippen LogP contribution is 2.28. The first-order valence-electron chi connectivity index (χ1n) is 9.62. The van der Waals surface area contributed by atoms with Crippen molar-refractivity contribution in [2.45, 2.75) is 44.7 Å². The summed E-state index contributed by atoms with van der Waals surface area (Å²) in [5, 5.41) is 15.3. The molecule has 0 aliphatic carbocycles. The van der Waals surface area contributed by atoms with E-state index in [-0.39, 0.29) is 17.1 Å². The fourth-order valence-corrected chi connectivity index (χ4v) is 4.45. The summed E-state index contributed by atoms with van der Waals surface area (Å²) >= 11 is 0. The summed E-state index contributed by atoms with van der Waals surface area (Å²) < 4.78 is 29.9. The molecule has 0 saturated heterocycles.